The molecule has 4 nitrogen and oxygen atoms in total. The molecule has 0 radical (unpaired) electrons. The van der Waals surface area contributed by atoms with E-state index in [0.29, 0.717) is 6.54 Å². The Morgan fingerprint density at radius 3 is 2.48 bits per heavy atom. The first kappa shape index (κ1) is 16.0. The predicted molar refractivity (Wildman–Crippen MR) is 88.6 cm³/mol. The van der Waals surface area contributed by atoms with Gasteiger partial charge in [0.25, 0.3) is 0 Å². The minimum absolute atomic E-state index is 0.0812. The van der Waals surface area contributed by atoms with Crippen LogP contribution in [0.3, 0.4) is 0 Å². The summed E-state index contributed by atoms with van der Waals surface area (Å²) in [4.78, 5) is 0.103. The normalized spacial score (nSPS) is 13.0. The molecule has 3 N–H and O–H groups in total. The number of hydrogen-bond donors (Lipinski definition) is 2. The van der Waals surface area contributed by atoms with E-state index in [1.807, 2.05) is 37.3 Å². The number of benzene rings is 2. The second-order valence-electron chi connectivity index (χ2n) is 4.85. The maximum Gasteiger partial charge on any atom is 0.242 e. The van der Waals surface area contributed by atoms with Crippen molar-refractivity contribution >= 4 is 31.6 Å². The van der Waals surface area contributed by atoms with Gasteiger partial charge >= 0.3 is 0 Å². The molecule has 0 heterocycles. The Balaban J connectivity index is 2.11. The second-order valence-corrected chi connectivity index (χ2v) is 7.50. The van der Waals surface area contributed by atoms with Crippen LogP contribution in [0, 0.1) is 0 Å². The van der Waals surface area contributed by atoms with Crippen LogP contribution >= 0.6 is 15.9 Å². The molecule has 0 saturated carbocycles. The molecule has 2 aromatic rings. The first-order valence-electron chi connectivity index (χ1n) is 6.50. The number of sulfonamides is 1. The zero-order valence-electron chi connectivity index (χ0n) is 11.6. The molecule has 0 spiro atoms. The lowest BCUT2D eigenvalue weighted by Crippen LogP contribution is -2.28. The average molecular weight is 369 g/mol. The van der Waals surface area contributed by atoms with E-state index in [2.05, 4.69) is 20.7 Å². The summed E-state index contributed by atoms with van der Waals surface area (Å²) in [6.07, 6.45) is 0. The highest BCUT2D eigenvalue weighted by atomic mass is 79.9. The summed E-state index contributed by atoms with van der Waals surface area (Å²) in [6, 6.07) is 14.5. The molecular weight excluding hydrogens is 352 g/mol. The lowest BCUT2D eigenvalue weighted by Gasteiger charge is -2.14. The lowest BCUT2D eigenvalue weighted by atomic mass is 10.0. The quantitative estimate of drug-likeness (QED) is 0.796. The van der Waals surface area contributed by atoms with Gasteiger partial charge < -0.3 is 5.73 Å². The highest BCUT2D eigenvalue weighted by Crippen LogP contribution is 2.23. The molecule has 21 heavy (non-hydrogen) atoms. The Hall–Kier alpha value is -1.37. The largest absolute Gasteiger partial charge is 0.398 e. The van der Waals surface area contributed by atoms with Crippen molar-refractivity contribution in [2.24, 2.45) is 0 Å². The molecule has 0 aliphatic rings. The SMILES string of the molecule is CC(CNS(=O)(=O)c1ccc(Br)cc1N)c1ccccc1. The summed E-state index contributed by atoms with van der Waals surface area (Å²) in [5, 5.41) is 0. The minimum Gasteiger partial charge on any atom is -0.398 e. The first-order valence-corrected chi connectivity index (χ1v) is 8.77. The van der Waals surface area contributed by atoms with Gasteiger partial charge in [0.1, 0.15) is 4.90 Å². The maximum atomic E-state index is 12.3. The Labute approximate surface area is 133 Å². The van der Waals surface area contributed by atoms with Gasteiger partial charge in [-0.05, 0) is 29.7 Å². The third-order valence-electron chi connectivity index (χ3n) is 3.21. The highest BCUT2D eigenvalue weighted by Gasteiger charge is 2.18. The first-order chi connectivity index (χ1) is 9.90. The van der Waals surface area contributed by atoms with Gasteiger partial charge in [0.05, 0.1) is 5.69 Å². The number of hydrogen-bond acceptors (Lipinski definition) is 3. The fourth-order valence-electron chi connectivity index (χ4n) is 1.98. The van der Waals surface area contributed by atoms with E-state index in [9.17, 15) is 8.42 Å². The molecule has 112 valence electrons. The van der Waals surface area contributed by atoms with Gasteiger partial charge in [-0.1, -0.05) is 53.2 Å². The van der Waals surface area contributed by atoms with Crippen LogP contribution in [-0.4, -0.2) is 15.0 Å². The number of nitrogens with one attached hydrogen (secondary N) is 1. The summed E-state index contributed by atoms with van der Waals surface area (Å²) in [6.45, 7) is 2.30. The fraction of sp³-hybridized carbons (Fsp3) is 0.200. The van der Waals surface area contributed by atoms with E-state index in [1.165, 1.54) is 6.07 Å². The Kier molecular flexibility index (Phi) is 5.03. The van der Waals surface area contributed by atoms with E-state index >= 15 is 0 Å². The number of rotatable bonds is 5. The molecule has 0 aromatic heterocycles. The molecule has 0 aliphatic heterocycles. The molecular formula is C15H17BrN2O2S. The van der Waals surface area contributed by atoms with Crippen molar-refractivity contribution in [3.8, 4) is 0 Å². The van der Waals surface area contributed by atoms with Crippen molar-refractivity contribution in [3.63, 3.8) is 0 Å². The Morgan fingerprint density at radius 1 is 1.19 bits per heavy atom. The predicted octanol–water partition coefficient (Wildman–Crippen LogP) is 3.11. The summed E-state index contributed by atoms with van der Waals surface area (Å²) in [7, 11) is -3.61. The van der Waals surface area contributed by atoms with Gasteiger partial charge in [0, 0.05) is 11.0 Å². The van der Waals surface area contributed by atoms with Gasteiger partial charge in [-0.3, -0.25) is 0 Å². The van der Waals surface area contributed by atoms with Crippen molar-refractivity contribution in [1.82, 2.24) is 4.72 Å². The summed E-state index contributed by atoms with van der Waals surface area (Å²) >= 11 is 3.26. The van der Waals surface area contributed by atoms with E-state index < -0.39 is 10.0 Å². The van der Waals surface area contributed by atoms with Crippen molar-refractivity contribution in [2.75, 3.05) is 12.3 Å². The second kappa shape index (κ2) is 6.60. The van der Waals surface area contributed by atoms with E-state index in [0.717, 1.165) is 10.0 Å². The van der Waals surface area contributed by atoms with Gasteiger partial charge in [-0.15, -0.1) is 0 Å². The van der Waals surface area contributed by atoms with E-state index in [4.69, 9.17) is 5.73 Å². The highest BCUT2D eigenvalue weighted by molar-refractivity contribution is 9.10. The molecule has 0 aliphatic carbocycles. The monoisotopic (exact) mass is 368 g/mol. The summed E-state index contributed by atoms with van der Waals surface area (Å²) < 4.78 is 27.9. The van der Waals surface area contributed by atoms with Gasteiger partial charge in [-0.25, -0.2) is 13.1 Å². The molecule has 2 rings (SSSR count). The van der Waals surface area contributed by atoms with Crippen LogP contribution in [0.4, 0.5) is 5.69 Å². The molecule has 6 heteroatoms. The van der Waals surface area contributed by atoms with Crippen molar-refractivity contribution in [3.05, 3.63) is 58.6 Å². The fourth-order valence-corrected chi connectivity index (χ4v) is 3.60. The molecule has 0 fully saturated rings. The summed E-state index contributed by atoms with van der Waals surface area (Å²) in [5.74, 6) is 0.0812. The molecule has 0 saturated heterocycles. The van der Waals surface area contributed by atoms with Crippen LogP contribution in [0.25, 0.3) is 0 Å². The third-order valence-corrected chi connectivity index (χ3v) is 5.20. The Bertz CT molecular complexity index is 718. The number of nitrogens with two attached hydrogens (primary N) is 1. The van der Waals surface area contributed by atoms with Crippen LogP contribution in [0.2, 0.25) is 0 Å². The standard InChI is InChI=1S/C15H17BrN2O2S/c1-11(12-5-3-2-4-6-12)10-18-21(19,20)15-8-7-13(16)9-14(15)17/h2-9,11,18H,10,17H2,1H3. The lowest BCUT2D eigenvalue weighted by molar-refractivity contribution is 0.575. The topological polar surface area (TPSA) is 72.2 Å². The van der Waals surface area contributed by atoms with Crippen molar-refractivity contribution in [2.45, 2.75) is 17.7 Å². The van der Waals surface area contributed by atoms with Crippen LogP contribution in [0.5, 0.6) is 0 Å². The van der Waals surface area contributed by atoms with E-state index in [-0.39, 0.29) is 16.5 Å². The van der Waals surface area contributed by atoms with Crippen LogP contribution < -0.4 is 10.5 Å². The van der Waals surface area contributed by atoms with Crippen LogP contribution in [-0.2, 0) is 10.0 Å². The van der Waals surface area contributed by atoms with Crippen LogP contribution in [0.15, 0.2) is 57.9 Å². The van der Waals surface area contributed by atoms with Crippen LogP contribution in [0.1, 0.15) is 18.4 Å². The number of halogens is 1. The Morgan fingerprint density at radius 2 is 1.86 bits per heavy atom. The number of nitrogen functional groups attached to an aromatic ring is 1. The van der Waals surface area contributed by atoms with E-state index in [1.54, 1.807) is 12.1 Å². The zero-order valence-corrected chi connectivity index (χ0v) is 14.0. The zero-order chi connectivity index (χ0) is 15.5. The molecule has 0 amide bonds. The maximum absolute atomic E-state index is 12.3. The average Bonchev–Trinajstić information content (AvgIpc) is 2.45. The number of anilines is 1. The van der Waals surface area contributed by atoms with Gasteiger partial charge in [-0.2, -0.15) is 0 Å². The molecule has 0 bridgehead atoms. The van der Waals surface area contributed by atoms with Gasteiger partial charge in [0.2, 0.25) is 10.0 Å². The molecule has 1 atom stereocenters. The smallest absolute Gasteiger partial charge is 0.242 e. The third kappa shape index (κ3) is 4.06. The van der Waals surface area contributed by atoms with Crippen molar-refractivity contribution in [1.29, 1.82) is 0 Å². The minimum atomic E-state index is -3.61. The van der Waals surface area contributed by atoms with Gasteiger partial charge in [0.15, 0.2) is 0 Å². The van der Waals surface area contributed by atoms with Crippen molar-refractivity contribution < 1.29 is 8.42 Å². The molecule has 1 unspecified atom stereocenters. The molecule has 2 aromatic carbocycles. The summed E-state index contributed by atoms with van der Waals surface area (Å²) in [5.41, 5.74) is 7.09.